The van der Waals surface area contributed by atoms with Crippen LogP contribution in [0.2, 0.25) is 0 Å². The fraction of sp³-hybridized carbons (Fsp3) is 0.344. The maximum atomic E-state index is 13.8. The van der Waals surface area contributed by atoms with Crippen molar-refractivity contribution in [1.29, 1.82) is 0 Å². The molecule has 0 spiro atoms. The molecule has 3 heterocycles. The van der Waals surface area contributed by atoms with E-state index >= 15 is 0 Å². The zero-order chi connectivity index (χ0) is 25.4. The zero-order valence-electron chi connectivity index (χ0n) is 21.2. The minimum absolute atomic E-state index is 0.141. The molecule has 5 heteroatoms. The molecule has 1 unspecified atom stereocenters. The highest BCUT2D eigenvalue weighted by atomic mass is 32.1. The molecule has 3 atom stereocenters. The molecule has 0 radical (unpaired) electrons. The van der Waals surface area contributed by atoms with Crippen molar-refractivity contribution in [2.45, 2.75) is 37.6 Å². The van der Waals surface area contributed by atoms with Gasteiger partial charge in [-0.1, -0.05) is 48.5 Å². The van der Waals surface area contributed by atoms with Crippen LogP contribution in [0.4, 0.5) is 4.39 Å². The first-order valence-electron chi connectivity index (χ1n) is 13.4. The Morgan fingerprint density at radius 1 is 0.919 bits per heavy atom. The molecule has 0 saturated carbocycles. The number of carbonyl (C=O) groups excluding carboxylic acids is 1. The maximum absolute atomic E-state index is 13.8. The molecule has 0 N–H and O–H groups in total. The number of benzene rings is 3. The quantitative estimate of drug-likeness (QED) is 0.283. The van der Waals surface area contributed by atoms with Crippen molar-refractivity contribution in [3.8, 4) is 0 Å². The summed E-state index contributed by atoms with van der Waals surface area (Å²) in [5.41, 5.74) is 3.41. The first-order valence-corrected chi connectivity index (χ1v) is 14.3. The topological polar surface area (TPSA) is 23.6 Å². The van der Waals surface area contributed by atoms with Crippen molar-refractivity contribution in [2.24, 2.45) is 5.92 Å². The summed E-state index contributed by atoms with van der Waals surface area (Å²) in [5, 5.41) is 6.55. The van der Waals surface area contributed by atoms with Crippen LogP contribution in [0.25, 0.3) is 10.8 Å². The minimum atomic E-state index is -0.168. The summed E-state index contributed by atoms with van der Waals surface area (Å²) in [6, 6.07) is 23.9. The Labute approximate surface area is 222 Å². The first kappa shape index (κ1) is 24.3. The fourth-order valence-corrected chi connectivity index (χ4v) is 7.28. The molecule has 2 aliphatic heterocycles. The van der Waals surface area contributed by atoms with Gasteiger partial charge in [0.1, 0.15) is 5.82 Å². The third-order valence-corrected chi connectivity index (χ3v) is 9.41. The van der Waals surface area contributed by atoms with Crippen LogP contribution in [-0.2, 0) is 0 Å². The smallest absolute Gasteiger partial charge is 0.254 e. The van der Waals surface area contributed by atoms with E-state index in [1.54, 1.807) is 23.5 Å². The second-order valence-corrected chi connectivity index (χ2v) is 11.4. The van der Waals surface area contributed by atoms with E-state index in [1.165, 1.54) is 11.1 Å². The molecular formula is C32H33FN2OS. The van der Waals surface area contributed by atoms with Gasteiger partial charge in [0.15, 0.2) is 0 Å². The Kier molecular flexibility index (Phi) is 6.83. The van der Waals surface area contributed by atoms with Crippen molar-refractivity contribution in [1.82, 2.24) is 9.80 Å². The van der Waals surface area contributed by atoms with E-state index in [2.05, 4.69) is 51.7 Å². The van der Waals surface area contributed by atoms with Crippen LogP contribution in [0.1, 0.15) is 53.1 Å². The Morgan fingerprint density at radius 2 is 1.68 bits per heavy atom. The van der Waals surface area contributed by atoms with Crippen molar-refractivity contribution in [2.75, 3.05) is 26.2 Å². The largest absolute Gasteiger partial charge is 0.338 e. The molecule has 2 aliphatic rings. The molecule has 1 amide bonds. The molecule has 1 aromatic heterocycles. The number of piperidine rings is 1. The van der Waals surface area contributed by atoms with Gasteiger partial charge in [-0.3, -0.25) is 4.79 Å². The number of likely N-dealkylation sites (tertiary alicyclic amines) is 2. The molecule has 3 nitrogen and oxygen atoms in total. The normalized spacial score (nSPS) is 21.9. The number of fused-ring (bicyclic) bond motifs is 1. The molecule has 0 aliphatic carbocycles. The van der Waals surface area contributed by atoms with Gasteiger partial charge in [-0.15, -0.1) is 0 Å². The lowest BCUT2D eigenvalue weighted by molar-refractivity contribution is 0.0767. The van der Waals surface area contributed by atoms with Gasteiger partial charge >= 0.3 is 0 Å². The van der Waals surface area contributed by atoms with Crippen LogP contribution in [0.3, 0.4) is 0 Å². The Bertz CT molecular complexity index is 1360. The molecule has 0 bridgehead atoms. The van der Waals surface area contributed by atoms with Gasteiger partial charge in [0.25, 0.3) is 5.91 Å². The fourth-order valence-electron chi connectivity index (χ4n) is 6.55. The van der Waals surface area contributed by atoms with Gasteiger partial charge in [0.2, 0.25) is 0 Å². The molecular weight excluding hydrogens is 479 g/mol. The van der Waals surface area contributed by atoms with Gasteiger partial charge < -0.3 is 9.80 Å². The summed E-state index contributed by atoms with van der Waals surface area (Å²) in [7, 11) is 0. The van der Waals surface area contributed by atoms with E-state index in [9.17, 15) is 9.18 Å². The predicted octanol–water partition coefficient (Wildman–Crippen LogP) is 7.16. The molecule has 3 aromatic carbocycles. The van der Waals surface area contributed by atoms with Gasteiger partial charge in [0.05, 0.1) is 0 Å². The van der Waals surface area contributed by atoms with Crippen molar-refractivity contribution < 1.29 is 9.18 Å². The highest BCUT2D eigenvalue weighted by molar-refractivity contribution is 7.08. The number of amides is 1. The number of thiophene rings is 1. The highest BCUT2D eigenvalue weighted by Gasteiger charge is 2.42. The zero-order valence-corrected chi connectivity index (χ0v) is 22.0. The number of nitrogens with zero attached hydrogens (tertiary/aromatic N) is 2. The second kappa shape index (κ2) is 10.4. The van der Waals surface area contributed by atoms with E-state index in [0.29, 0.717) is 23.8 Å². The van der Waals surface area contributed by atoms with Gasteiger partial charge in [-0.25, -0.2) is 4.39 Å². The lowest BCUT2D eigenvalue weighted by Gasteiger charge is -2.40. The van der Waals surface area contributed by atoms with E-state index in [-0.39, 0.29) is 11.7 Å². The van der Waals surface area contributed by atoms with E-state index < -0.39 is 0 Å². The highest BCUT2D eigenvalue weighted by Crippen LogP contribution is 2.40. The molecule has 2 saturated heterocycles. The number of hydrogen-bond acceptors (Lipinski definition) is 3. The summed E-state index contributed by atoms with van der Waals surface area (Å²) in [6.07, 6.45) is 2.18. The molecule has 4 aromatic rings. The Hall–Kier alpha value is -3.02. The van der Waals surface area contributed by atoms with Crippen molar-refractivity contribution in [3.63, 3.8) is 0 Å². The molecule has 190 valence electrons. The second-order valence-electron chi connectivity index (χ2n) is 10.7. The minimum Gasteiger partial charge on any atom is -0.338 e. The summed E-state index contributed by atoms with van der Waals surface area (Å²) in [6.45, 7) is 5.97. The lowest BCUT2D eigenvalue weighted by atomic mass is 9.83. The average Bonchev–Trinajstić information content (AvgIpc) is 3.63. The molecule has 2 fully saturated rings. The predicted molar refractivity (Wildman–Crippen MR) is 150 cm³/mol. The molecule has 37 heavy (non-hydrogen) atoms. The van der Waals surface area contributed by atoms with Crippen LogP contribution in [-0.4, -0.2) is 47.9 Å². The first-order chi connectivity index (χ1) is 18.1. The Morgan fingerprint density at radius 3 is 2.43 bits per heavy atom. The monoisotopic (exact) mass is 512 g/mol. The maximum Gasteiger partial charge on any atom is 0.254 e. The summed E-state index contributed by atoms with van der Waals surface area (Å²) < 4.78 is 13.4. The van der Waals surface area contributed by atoms with E-state index in [1.807, 2.05) is 36.4 Å². The lowest BCUT2D eigenvalue weighted by Crippen LogP contribution is -2.45. The standard InChI is InChI=1S/C32H33FN2OS/c1-22(34-16-13-24(14-17-34)23-9-11-27(33)12-10-23)30-19-35(20-31(30)26-15-18-37-21-26)32(36)29-8-4-6-25-5-2-3-7-28(25)29/h2-12,15,18,21-22,24,30-31H,13-14,16-17,19-20H2,1H3/t22?,30-,31-/m0/s1. The van der Waals surface area contributed by atoms with Gasteiger partial charge in [-0.05, 0) is 95.7 Å². The SMILES string of the molecule is CC([C@@H]1CN(C(=O)c2cccc3ccccc23)C[C@H]1c1ccsc1)N1CCC(c2ccc(F)cc2)CC1. The summed E-state index contributed by atoms with van der Waals surface area (Å²) in [4.78, 5) is 18.5. The van der Waals surface area contributed by atoms with Gasteiger partial charge in [-0.2, -0.15) is 11.3 Å². The average molecular weight is 513 g/mol. The summed E-state index contributed by atoms with van der Waals surface area (Å²) in [5.74, 6) is 1.19. The molecule has 6 rings (SSSR count). The Balaban J connectivity index is 1.20. The van der Waals surface area contributed by atoms with Crippen LogP contribution < -0.4 is 0 Å². The number of carbonyl (C=O) groups is 1. The summed E-state index contributed by atoms with van der Waals surface area (Å²) >= 11 is 1.74. The van der Waals surface area contributed by atoms with Crippen LogP contribution in [0.5, 0.6) is 0 Å². The third-order valence-electron chi connectivity index (χ3n) is 8.71. The van der Waals surface area contributed by atoms with Crippen molar-refractivity contribution in [3.05, 3.63) is 106 Å². The van der Waals surface area contributed by atoms with Gasteiger partial charge in [0, 0.05) is 36.5 Å². The van der Waals surface area contributed by atoms with E-state index in [4.69, 9.17) is 0 Å². The number of hydrogen-bond donors (Lipinski definition) is 0. The van der Waals surface area contributed by atoms with Crippen LogP contribution >= 0.6 is 11.3 Å². The van der Waals surface area contributed by atoms with E-state index in [0.717, 1.165) is 55.4 Å². The third kappa shape index (κ3) is 4.83. The van der Waals surface area contributed by atoms with Crippen LogP contribution in [0.15, 0.2) is 83.6 Å². The number of halogens is 1. The van der Waals surface area contributed by atoms with Crippen LogP contribution in [0, 0.1) is 11.7 Å². The number of rotatable bonds is 5. The van der Waals surface area contributed by atoms with Crippen molar-refractivity contribution >= 4 is 28.0 Å².